The molecular weight excluding hydrogens is 695 g/mol. The van der Waals surface area contributed by atoms with Crippen LogP contribution >= 0.6 is 8.53 Å². The van der Waals surface area contributed by atoms with E-state index in [9.17, 15) is 14.9 Å². The Morgan fingerprint density at radius 3 is 2.02 bits per heavy atom. The van der Waals surface area contributed by atoms with E-state index in [2.05, 4.69) is 43.8 Å². The van der Waals surface area contributed by atoms with Gasteiger partial charge in [-0.3, -0.25) is 10.1 Å². The molecule has 12 nitrogen and oxygen atoms in total. The molecule has 2 aliphatic rings. The molecule has 5 atom stereocenters. The molecule has 13 heteroatoms. The van der Waals surface area contributed by atoms with Crippen molar-refractivity contribution >= 4 is 20.5 Å². The van der Waals surface area contributed by atoms with Gasteiger partial charge in [0.25, 0.3) is 8.53 Å². The minimum Gasteiger partial charge on any atom is -0.497 e. The number of ether oxygens (including phenoxy) is 4. The number of nitrogens with one attached hydrogen (secondary N) is 1. The summed E-state index contributed by atoms with van der Waals surface area (Å²) in [5.74, 6) is 0.416. The summed E-state index contributed by atoms with van der Waals surface area (Å²) in [5.41, 5.74) is 1.50. The molecule has 0 aromatic heterocycles. The fourth-order valence-electron chi connectivity index (χ4n) is 7.00. The lowest BCUT2D eigenvalue weighted by molar-refractivity contribution is -0.134. The first-order valence-corrected chi connectivity index (χ1v) is 19.1. The van der Waals surface area contributed by atoms with E-state index in [0.717, 1.165) is 16.7 Å². The Labute approximate surface area is 314 Å². The Kier molecular flexibility index (Phi) is 13.9. The number of imide groups is 1. The zero-order valence-corrected chi connectivity index (χ0v) is 32.5. The first-order chi connectivity index (χ1) is 25.5. The van der Waals surface area contributed by atoms with E-state index in [1.165, 1.54) is 4.90 Å². The monoisotopic (exact) mass is 746 g/mol. The smallest absolute Gasteiger partial charge is 0.323 e. The molecule has 1 N–H and O–H groups in total. The van der Waals surface area contributed by atoms with E-state index in [-0.39, 0.29) is 44.2 Å². The Morgan fingerprint density at radius 1 is 0.925 bits per heavy atom. The molecule has 2 heterocycles. The van der Waals surface area contributed by atoms with Gasteiger partial charge in [0.05, 0.1) is 58.0 Å². The van der Waals surface area contributed by atoms with Crippen LogP contribution in [0.2, 0.25) is 0 Å². The van der Waals surface area contributed by atoms with Crippen LogP contribution in [0, 0.1) is 17.2 Å². The van der Waals surface area contributed by atoms with Gasteiger partial charge >= 0.3 is 6.03 Å². The zero-order chi connectivity index (χ0) is 38.1. The highest BCUT2D eigenvalue weighted by atomic mass is 31.2. The van der Waals surface area contributed by atoms with Crippen LogP contribution in [0.5, 0.6) is 11.5 Å². The summed E-state index contributed by atoms with van der Waals surface area (Å²) in [6.45, 7) is 8.81. The van der Waals surface area contributed by atoms with Crippen molar-refractivity contribution in [3.05, 3.63) is 95.6 Å². The van der Waals surface area contributed by atoms with Crippen molar-refractivity contribution in [1.29, 1.82) is 5.26 Å². The highest BCUT2D eigenvalue weighted by Gasteiger charge is 2.48. The average molecular weight is 747 g/mol. The second kappa shape index (κ2) is 18.3. The van der Waals surface area contributed by atoms with Gasteiger partial charge in [0.1, 0.15) is 23.2 Å². The van der Waals surface area contributed by atoms with Crippen LogP contribution in [0.3, 0.4) is 0 Å². The van der Waals surface area contributed by atoms with Gasteiger partial charge < -0.3 is 32.9 Å². The maximum Gasteiger partial charge on any atom is 0.323 e. The largest absolute Gasteiger partial charge is 0.497 e. The van der Waals surface area contributed by atoms with Crippen LogP contribution in [0.25, 0.3) is 0 Å². The lowest BCUT2D eigenvalue weighted by Crippen LogP contribution is -2.56. The molecule has 3 aromatic carbocycles. The number of nitrogens with zero attached hydrogens (tertiary/aromatic N) is 3. The van der Waals surface area contributed by atoms with E-state index < -0.39 is 44.4 Å². The van der Waals surface area contributed by atoms with Gasteiger partial charge in [0.15, 0.2) is 0 Å². The minimum atomic E-state index is -1.64. The number of hydrogen-bond acceptors (Lipinski definition) is 10. The molecule has 0 spiro atoms. The van der Waals surface area contributed by atoms with Gasteiger partial charge in [-0.1, -0.05) is 54.6 Å². The summed E-state index contributed by atoms with van der Waals surface area (Å²) in [6, 6.07) is 27.5. The fraction of sp³-hybridized carbons (Fsp3) is 0.475. The molecule has 2 fully saturated rings. The summed E-state index contributed by atoms with van der Waals surface area (Å²) >= 11 is 0. The number of methoxy groups -OCH3 is 2. The average Bonchev–Trinajstić information content (AvgIpc) is 3.56. The molecule has 2 saturated heterocycles. The predicted molar refractivity (Wildman–Crippen MR) is 201 cm³/mol. The SMILES string of the molecule is COc1ccc(C(OC[C@H]2O[C@@H](C3CN(C)C(=O)NC3=O)C[C@@H]2OP(OCCC#N)N(C(C)C)C(C)C)(c2ccccc2)c2ccc(OC)cc2)cc1. The molecule has 2 unspecified atom stereocenters. The first kappa shape index (κ1) is 40.1. The van der Waals surface area contributed by atoms with Crippen molar-refractivity contribution in [2.24, 2.45) is 5.92 Å². The summed E-state index contributed by atoms with van der Waals surface area (Å²) < 4.78 is 40.4. The van der Waals surface area contributed by atoms with Crippen molar-refractivity contribution in [2.75, 3.05) is 41.0 Å². The minimum absolute atomic E-state index is 0.0714. The van der Waals surface area contributed by atoms with Gasteiger partial charge in [0, 0.05) is 32.1 Å². The van der Waals surface area contributed by atoms with Crippen molar-refractivity contribution in [3.8, 4) is 17.6 Å². The van der Waals surface area contributed by atoms with E-state index in [1.807, 2.05) is 78.9 Å². The standard InChI is InChI=1S/C40H51N4O8P/c1-27(2)44(28(3)4)53(50-23-11-22-41)52-36-24-35(34-25-43(5)39(46)42-38(34)45)51-37(36)26-49-40(29-12-9-8-10-13-29,30-14-18-32(47-6)19-15-30)31-16-20-33(48-7)21-17-31/h8-10,12-21,27-28,34-37H,11,23-26H2,1-7H3,(H,42,45,46)/t34?,35-,36+,37-,53?/m1/s1. The van der Waals surface area contributed by atoms with E-state index in [4.69, 9.17) is 28.0 Å². The Balaban J connectivity index is 1.57. The molecule has 284 valence electrons. The van der Waals surface area contributed by atoms with Gasteiger partial charge in [-0.05, 0) is 68.7 Å². The molecule has 0 aliphatic carbocycles. The Hall–Kier alpha value is -4.08. The highest BCUT2D eigenvalue weighted by Crippen LogP contribution is 2.50. The van der Waals surface area contributed by atoms with Gasteiger partial charge in [-0.25, -0.2) is 9.46 Å². The normalized spacial score (nSPS) is 21.2. The molecular formula is C40H51N4O8P. The van der Waals surface area contributed by atoms with Crippen molar-refractivity contribution in [2.45, 2.75) is 76.5 Å². The lowest BCUT2D eigenvalue weighted by Gasteiger charge is -2.39. The van der Waals surface area contributed by atoms with Crippen molar-refractivity contribution in [3.63, 3.8) is 0 Å². The Morgan fingerprint density at radius 2 is 1.49 bits per heavy atom. The number of amides is 3. The van der Waals surface area contributed by atoms with E-state index in [0.29, 0.717) is 17.9 Å². The molecule has 2 aliphatic heterocycles. The van der Waals surface area contributed by atoms with Crippen LogP contribution in [-0.4, -0.2) is 92.9 Å². The summed E-state index contributed by atoms with van der Waals surface area (Å²) in [7, 11) is 3.27. The highest BCUT2D eigenvalue weighted by molar-refractivity contribution is 7.44. The third-order valence-electron chi connectivity index (χ3n) is 9.59. The van der Waals surface area contributed by atoms with Crippen LogP contribution in [0.15, 0.2) is 78.9 Å². The van der Waals surface area contributed by atoms with Crippen LogP contribution in [0.4, 0.5) is 4.79 Å². The van der Waals surface area contributed by atoms with Gasteiger partial charge in [-0.2, -0.15) is 5.26 Å². The second-order valence-corrected chi connectivity index (χ2v) is 15.1. The number of carbonyl (C=O) groups is 2. The molecule has 0 radical (unpaired) electrons. The topological polar surface area (TPSA) is 132 Å². The lowest BCUT2D eigenvalue weighted by atomic mass is 9.80. The third kappa shape index (κ3) is 9.18. The predicted octanol–water partition coefficient (Wildman–Crippen LogP) is 6.63. The molecule has 0 saturated carbocycles. The summed E-state index contributed by atoms with van der Waals surface area (Å²) in [5, 5.41) is 11.8. The number of benzene rings is 3. The number of urea groups is 1. The van der Waals surface area contributed by atoms with Gasteiger partial charge in [-0.15, -0.1) is 0 Å². The van der Waals surface area contributed by atoms with Gasteiger partial charge in [0.2, 0.25) is 5.91 Å². The quantitative estimate of drug-likeness (QED) is 0.0913. The maximum absolute atomic E-state index is 13.2. The summed E-state index contributed by atoms with van der Waals surface area (Å²) in [4.78, 5) is 27.0. The molecule has 53 heavy (non-hydrogen) atoms. The number of nitriles is 1. The van der Waals surface area contributed by atoms with Crippen LogP contribution in [-0.2, 0) is 28.9 Å². The summed E-state index contributed by atoms with van der Waals surface area (Å²) in [6.07, 6.45) is -1.18. The van der Waals surface area contributed by atoms with Crippen LogP contribution < -0.4 is 14.8 Å². The maximum atomic E-state index is 13.2. The molecule has 3 amide bonds. The van der Waals surface area contributed by atoms with Crippen molar-refractivity contribution in [1.82, 2.24) is 14.9 Å². The fourth-order valence-corrected chi connectivity index (χ4v) is 8.76. The molecule has 5 rings (SSSR count). The zero-order valence-electron chi connectivity index (χ0n) is 31.6. The second-order valence-electron chi connectivity index (χ2n) is 13.7. The molecule has 0 bridgehead atoms. The van der Waals surface area contributed by atoms with Crippen LogP contribution in [0.1, 0.15) is 57.2 Å². The van der Waals surface area contributed by atoms with Crippen molar-refractivity contribution < 1.29 is 37.6 Å². The number of rotatable bonds is 17. The number of carbonyl (C=O) groups excluding carboxylic acids is 2. The van der Waals surface area contributed by atoms with E-state index >= 15 is 0 Å². The third-order valence-corrected chi connectivity index (χ3v) is 11.7. The molecule has 3 aromatic rings. The Bertz CT molecular complexity index is 1630. The first-order valence-electron chi connectivity index (χ1n) is 18.0. The van der Waals surface area contributed by atoms with E-state index in [1.54, 1.807) is 21.3 Å². The number of hydrogen-bond donors (Lipinski definition) is 1.